The van der Waals surface area contributed by atoms with Crippen LogP contribution in [0.3, 0.4) is 0 Å². The minimum atomic E-state index is -0.190. The highest BCUT2D eigenvalue weighted by Gasteiger charge is 2.22. The number of hydrogen-bond donors (Lipinski definition) is 1. The molecule has 0 unspecified atom stereocenters. The lowest BCUT2D eigenvalue weighted by Crippen LogP contribution is -2.14. The van der Waals surface area contributed by atoms with E-state index in [0.717, 1.165) is 42.6 Å². The van der Waals surface area contributed by atoms with Crippen molar-refractivity contribution in [3.8, 4) is 11.8 Å². The summed E-state index contributed by atoms with van der Waals surface area (Å²) in [7, 11) is 1.63. The van der Waals surface area contributed by atoms with Crippen molar-refractivity contribution < 1.29 is 13.9 Å². The molecule has 0 bridgehead atoms. The smallest absolute Gasteiger partial charge is 0.277 e. The number of fused-ring (bicyclic) bond motifs is 1. The number of nitrogens with zero attached hydrogens (tertiary/aromatic N) is 3. The van der Waals surface area contributed by atoms with Gasteiger partial charge in [-0.1, -0.05) is 23.9 Å². The van der Waals surface area contributed by atoms with E-state index in [1.165, 1.54) is 28.0 Å². The van der Waals surface area contributed by atoms with Crippen LogP contribution in [-0.4, -0.2) is 29.0 Å². The molecule has 30 heavy (non-hydrogen) atoms. The second kappa shape index (κ2) is 9.32. The number of thioether (sulfide) groups is 1. The third-order valence-electron chi connectivity index (χ3n) is 4.83. The van der Waals surface area contributed by atoms with E-state index < -0.39 is 0 Å². The van der Waals surface area contributed by atoms with Crippen molar-refractivity contribution in [2.75, 3.05) is 18.2 Å². The summed E-state index contributed by atoms with van der Waals surface area (Å²) in [6, 6.07) is 9.90. The number of nitrogens with one attached hydrogen (secondary N) is 1. The molecule has 0 saturated carbocycles. The fourth-order valence-electron chi connectivity index (χ4n) is 3.35. The average Bonchev–Trinajstić information content (AvgIpc) is 3.36. The zero-order valence-electron chi connectivity index (χ0n) is 16.4. The average molecular weight is 441 g/mol. The molecule has 154 valence electrons. The number of benzene rings is 1. The van der Waals surface area contributed by atoms with Crippen LogP contribution in [0.15, 0.2) is 33.9 Å². The molecule has 1 aliphatic rings. The first-order chi connectivity index (χ1) is 14.7. The van der Waals surface area contributed by atoms with Crippen LogP contribution >= 0.6 is 23.1 Å². The van der Waals surface area contributed by atoms with Crippen LogP contribution in [0.25, 0.3) is 0 Å². The van der Waals surface area contributed by atoms with Gasteiger partial charge >= 0.3 is 0 Å². The van der Waals surface area contributed by atoms with Crippen LogP contribution in [0.5, 0.6) is 5.75 Å². The highest BCUT2D eigenvalue weighted by molar-refractivity contribution is 7.99. The first kappa shape index (κ1) is 20.4. The maximum absolute atomic E-state index is 12.4. The van der Waals surface area contributed by atoms with Gasteiger partial charge in [0, 0.05) is 4.88 Å². The maximum atomic E-state index is 12.4. The molecule has 0 aliphatic heterocycles. The Balaban J connectivity index is 1.32. The second-order valence-corrected chi connectivity index (χ2v) is 8.88. The van der Waals surface area contributed by atoms with Crippen molar-refractivity contribution in [2.45, 2.75) is 37.3 Å². The van der Waals surface area contributed by atoms with Crippen molar-refractivity contribution in [3.05, 3.63) is 51.7 Å². The highest BCUT2D eigenvalue weighted by Crippen LogP contribution is 2.37. The summed E-state index contributed by atoms with van der Waals surface area (Å²) < 4.78 is 10.8. The van der Waals surface area contributed by atoms with Gasteiger partial charge in [-0.05, 0) is 48.9 Å². The highest BCUT2D eigenvalue weighted by atomic mass is 32.2. The fourth-order valence-corrected chi connectivity index (χ4v) is 5.18. The Kier molecular flexibility index (Phi) is 6.35. The number of amides is 1. The number of nitriles is 1. The quantitative estimate of drug-likeness (QED) is 0.549. The van der Waals surface area contributed by atoms with Crippen molar-refractivity contribution in [3.63, 3.8) is 0 Å². The Morgan fingerprint density at radius 1 is 1.30 bits per heavy atom. The molecule has 1 aliphatic carbocycles. The van der Waals surface area contributed by atoms with E-state index in [2.05, 4.69) is 21.6 Å². The molecule has 0 spiro atoms. The van der Waals surface area contributed by atoms with Crippen molar-refractivity contribution >= 4 is 34.0 Å². The number of aryl methyl sites for hydroxylation is 1. The van der Waals surface area contributed by atoms with Gasteiger partial charge < -0.3 is 14.5 Å². The lowest BCUT2D eigenvalue weighted by Gasteiger charge is -2.09. The number of ether oxygens (including phenoxy) is 1. The lowest BCUT2D eigenvalue weighted by molar-refractivity contribution is -0.113. The standard InChI is InChI=1S/C21H20N4O3S2/c1-27-14-8-6-13(7-9-14)10-19-24-25-21(28-19)29-12-18(26)23-20-16(11-22)15-4-2-3-5-17(15)30-20/h6-9H,2-5,10,12H2,1H3,(H,23,26). The Morgan fingerprint density at radius 3 is 2.87 bits per heavy atom. The molecule has 1 aromatic carbocycles. The molecule has 0 radical (unpaired) electrons. The van der Waals surface area contributed by atoms with Crippen LogP contribution < -0.4 is 10.1 Å². The van der Waals surface area contributed by atoms with Gasteiger partial charge in [0.2, 0.25) is 11.8 Å². The topological polar surface area (TPSA) is 101 Å². The number of anilines is 1. The van der Waals surface area contributed by atoms with Gasteiger partial charge in [0.25, 0.3) is 5.22 Å². The molecular formula is C21H20N4O3S2. The molecule has 1 amide bonds. The van der Waals surface area contributed by atoms with Gasteiger partial charge in [-0.2, -0.15) is 5.26 Å². The van der Waals surface area contributed by atoms with Crippen LogP contribution in [0.2, 0.25) is 0 Å². The van der Waals surface area contributed by atoms with Crippen molar-refractivity contribution in [1.82, 2.24) is 10.2 Å². The molecule has 2 aromatic heterocycles. The monoisotopic (exact) mass is 440 g/mol. The predicted octanol–water partition coefficient (Wildman–Crippen LogP) is 4.21. The van der Waals surface area contributed by atoms with Gasteiger partial charge in [0.15, 0.2) is 0 Å². The van der Waals surface area contributed by atoms with Gasteiger partial charge in [-0.15, -0.1) is 21.5 Å². The van der Waals surface area contributed by atoms with E-state index in [4.69, 9.17) is 9.15 Å². The van der Waals surface area contributed by atoms with E-state index in [1.807, 2.05) is 24.3 Å². The predicted molar refractivity (Wildman–Crippen MR) is 115 cm³/mol. The van der Waals surface area contributed by atoms with Crippen LogP contribution in [0.1, 0.15) is 40.3 Å². The Bertz CT molecular complexity index is 1080. The number of carbonyl (C=O) groups is 1. The number of thiophene rings is 1. The molecule has 2 heterocycles. The molecule has 0 fully saturated rings. The Morgan fingerprint density at radius 2 is 2.10 bits per heavy atom. The molecule has 4 rings (SSSR count). The largest absolute Gasteiger partial charge is 0.497 e. The number of carbonyl (C=O) groups excluding carboxylic acids is 1. The summed E-state index contributed by atoms with van der Waals surface area (Å²) in [4.78, 5) is 13.6. The van der Waals surface area contributed by atoms with Gasteiger partial charge in [-0.3, -0.25) is 4.79 Å². The number of aromatic nitrogens is 2. The van der Waals surface area contributed by atoms with Gasteiger partial charge in [0.1, 0.15) is 16.8 Å². The van der Waals surface area contributed by atoms with Crippen LogP contribution in [-0.2, 0) is 24.1 Å². The molecule has 9 heteroatoms. The Labute approximate surface area is 182 Å². The summed E-state index contributed by atoms with van der Waals surface area (Å²) in [6.45, 7) is 0. The first-order valence-electron chi connectivity index (χ1n) is 9.59. The number of rotatable bonds is 7. The van der Waals surface area contributed by atoms with E-state index in [0.29, 0.717) is 28.1 Å². The van der Waals surface area contributed by atoms with Crippen molar-refractivity contribution in [2.24, 2.45) is 0 Å². The zero-order chi connectivity index (χ0) is 20.9. The minimum Gasteiger partial charge on any atom is -0.497 e. The summed E-state index contributed by atoms with van der Waals surface area (Å²) in [5.41, 5.74) is 2.75. The number of methoxy groups -OCH3 is 1. The maximum Gasteiger partial charge on any atom is 0.277 e. The Hall–Kier alpha value is -2.83. The summed E-state index contributed by atoms with van der Waals surface area (Å²) in [6.07, 6.45) is 4.64. The zero-order valence-corrected chi connectivity index (χ0v) is 18.1. The first-order valence-corrected chi connectivity index (χ1v) is 11.4. The molecule has 7 nitrogen and oxygen atoms in total. The SMILES string of the molecule is COc1ccc(Cc2nnc(SCC(=O)Nc3sc4c(c3C#N)CCCC4)o2)cc1. The van der Waals surface area contributed by atoms with E-state index in [9.17, 15) is 10.1 Å². The normalized spacial score (nSPS) is 12.8. The van der Waals surface area contributed by atoms with Crippen molar-refractivity contribution in [1.29, 1.82) is 5.26 Å². The molecular weight excluding hydrogens is 420 g/mol. The molecule has 3 aromatic rings. The summed E-state index contributed by atoms with van der Waals surface area (Å²) in [5.74, 6) is 1.22. The second-order valence-electron chi connectivity index (χ2n) is 6.85. The van der Waals surface area contributed by atoms with E-state index >= 15 is 0 Å². The minimum absolute atomic E-state index is 0.137. The molecule has 0 saturated heterocycles. The third kappa shape index (κ3) is 4.66. The van der Waals surface area contributed by atoms with Crippen LogP contribution in [0.4, 0.5) is 5.00 Å². The summed E-state index contributed by atoms with van der Waals surface area (Å²) >= 11 is 2.70. The van der Waals surface area contributed by atoms with E-state index in [-0.39, 0.29) is 11.7 Å². The number of hydrogen-bond acceptors (Lipinski definition) is 8. The summed E-state index contributed by atoms with van der Waals surface area (Å²) in [5, 5.41) is 21.4. The van der Waals surface area contributed by atoms with Crippen LogP contribution in [0, 0.1) is 11.3 Å². The van der Waals surface area contributed by atoms with E-state index in [1.54, 1.807) is 7.11 Å². The fraction of sp³-hybridized carbons (Fsp3) is 0.333. The molecule has 1 N–H and O–H groups in total. The third-order valence-corrected chi connectivity index (χ3v) is 6.85. The molecule has 0 atom stereocenters. The lowest BCUT2D eigenvalue weighted by atomic mass is 9.96. The van der Waals surface area contributed by atoms with Gasteiger partial charge in [-0.25, -0.2) is 0 Å². The van der Waals surface area contributed by atoms with Gasteiger partial charge in [0.05, 0.1) is 24.8 Å².